The van der Waals surface area contributed by atoms with Crippen LogP contribution in [0.3, 0.4) is 0 Å². The first-order valence-electron chi connectivity index (χ1n) is 4.83. The van der Waals surface area contributed by atoms with Crippen LogP contribution in [0.15, 0.2) is 28.9 Å². The van der Waals surface area contributed by atoms with Gasteiger partial charge in [0.05, 0.1) is 11.7 Å². The van der Waals surface area contributed by atoms with E-state index in [1.54, 1.807) is 13.8 Å². The van der Waals surface area contributed by atoms with E-state index in [9.17, 15) is 9.18 Å². The van der Waals surface area contributed by atoms with E-state index in [0.29, 0.717) is 16.5 Å². The van der Waals surface area contributed by atoms with E-state index in [-0.39, 0.29) is 0 Å². The Morgan fingerprint density at radius 2 is 2.12 bits per heavy atom. The minimum absolute atomic E-state index is 0.406. The third kappa shape index (κ3) is 1.46. The predicted molar refractivity (Wildman–Crippen MR) is 56.8 cm³/mol. The summed E-state index contributed by atoms with van der Waals surface area (Å²) in [5.41, 5.74) is -0.126. The van der Waals surface area contributed by atoms with Crippen LogP contribution in [-0.4, -0.2) is 11.1 Å². The van der Waals surface area contributed by atoms with Crippen LogP contribution in [0.4, 0.5) is 4.39 Å². The summed E-state index contributed by atoms with van der Waals surface area (Å²) in [5.74, 6) is -1.38. The van der Waals surface area contributed by atoms with Gasteiger partial charge in [-0.05, 0) is 32.0 Å². The van der Waals surface area contributed by atoms with Crippen molar-refractivity contribution in [3.63, 3.8) is 0 Å². The van der Waals surface area contributed by atoms with Gasteiger partial charge in [-0.15, -0.1) is 0 Å². The Morgan fingerprint density at radius 1 is 1.44 bits per heavy atom. The highest BCUT2D eigenvalue weighted by atomic mass is 19.1. The fourth-order valence-corrected chi connectivity index (χ4v) is 1.60. The van der Waals surface area contributed by atoms with Crippen LogP contribution < -0.4 is 0 Å². The minimum atomic E-state index is -1.10. The van der Waals surface area contributed by atoms with Gasteiger partial charge >= 0.3 is 5.97 Å². The average Bonchev–Trinajstić information content (AvgIpc) is 2.60. The molecule has 0 bridgehead atoms. The molecule has 16 heavy (non-hydrogen) atoms. The van der Waals surface area contributed by atoms with Crippen LogP contribution in [-0.2, 0) is 10.2 Å². The average molecular weight is 222 g/mol. The molecule has 84 valence electrons. The molecule has 1 N–H and O–H groups in total. The Hall–Kier alpha value is -1.84. The molecule has 0 saturated carbocycles. The maximum atomic E-state index is 13.1. The topological polar surface area (TPSA) is 50.4 Å². The SMILES string of the molecule is CC(C)(C(=O)O)c1coc2ccc(F)cc12. The van der Waals surface area contributed by atoms with Crippen molar-refractivity contribution in [3.8, 4) is 0 Å². The van der Waals surface area contributed by atoms with Gasteiger partial charge in [0.1, 0.15) is 11.4 Å². The third-order valence-electron chi connectivity index (χ3n) is 2.74. The Kier molecular flexibility index (Phi) is 2.22. The molecule has 1 aromatic heterocycles. The van der Waals surface area contributed by atoms with Crippen molar-refractivity contribution in [2.24, 2.45) is 0 Å². The van der Waals surface area contributed by atoms with Crippen LogP contribution >= 0.6 is 0 Å². The number of carboxylic acids is 1. The number of rotatable bonds is 2. The highest BCUT2D eigenvalue weighted by Crippen LogP contribution is 2.32. The first-order valence-corrected chi connectivity index (χ1v) is 4.83. The van der Waals surface area contributed by atoms with Gasteiger partial charge in [0, 0.05) is 10.9 Å². The number of furan rings is 1. The molecule has 0 fully saturated rings. The predicted octanol–water partition coefficient (Wildman–Crippen LogP) is 2.93. The Labute approximate surface area is 91.5 Å². The second-order valence-electron chi connectivity index (χ2n) is 4.22. The first kappa shape index (κ1) is 10.7. The monoisotopic (exact) mass is 222 g/mol. The van der Waals surface area contributed by atoms with E-state index in [0.717, 1.165) is 0 Å². The molecule has 0 unspecified atom stereocenters. The molecule has 0 spiro atoms. The van der Waals surface area contributed by atoms with Gasteiger partial charge in [-0.2, -0.15) is 0 Å². The molecule has 2 aromatic rings. The van der Waals surface area contributed by atoms with Crippen molar-refractivity contribution < 1.29 is 18.7 Å². The van der Waals surface area contributed by atoms with Crippen molar-refractivity contribution in [2.75, 3.05) is 0 Å². The lowest BCUT2D eigenvalue weighted by atomic mass is 9.85. The molecule has 3 nitrogen and oxygen atoms in total. The first-order chi connectivity index (χ1) is 7.43. The van der Waals surface area contributed by atoms with Crippen LogP contribution in [0.25, 0.3) is 11.0 Å². The Morgan fingerprint density at radius 3 is 2.75 bits per heavy atom. The summed E-state index contributed by atoms with van der Waals surface area (Å²) in [5, 5.41) is 9.61. The number of carbonyl (C=O) groups is 1. The smallest absolute Gasteiger partial charge is 0.313 e. The minimum Gasteiger partial charge on any atom is -0.481 e. The number of aliphatic carboxylic acids is 1. The van der Waals surface area contributed by atoms with Gasteiger partial charge in [-0.1, -0.05) is 0 Å². The molecule has 0 aliphatic heterocycles. The highest BCUT2D eigenvalue weighted by Gasteiger charge is 2.32. The van der Waals surface area contributed by atoms with Crippen molar-refractivity contribution in [2.45, 2.75) is 19.3 Å². The zero-order valence-electron chi connectivity index (χ0n) is 8.95. The van der Waals surface area contributed by atoms with E-state index in [4.69, 9.17) is 9.52 Å². The molecule has 0 atom stereocenters. The molecule has 1 aromatic carbocycles. The van der Waals surface area contributed by atoms with E-state index in [1.807, 2.05) is 0 Å². The summed E-state index contributed by atoms with van der Waals surface area (Å²) in [6.07, 6.45) is 1.37. The number of hydrogen-bond acceptors (Lipinski definition) is 2. The largest absolute Gasteiger partial charge is 0.481 e. The summed E-state index contributed by atoms with van der Waals surface area (Å²) in [4.78, 5) is 11.1. The van der Waals surface area contributed by atoms with E-state index < -0.39 is 17.2 Å². The molecule has 0 aliphatic rings. The highest BCUT2D eigenvalue weighted by molar-refractivity contribution is 5.90. The third-order valence-corrected chi connectivity index (χ3v) is 2.74. The Bertz CT molecular complexity index is 554. The van der Waals surface area contributed by atoms with Crippen molar-refractivity contribution in [1.29, 1.82) is 0 Å². The lowest BCUT2D eigenvalue weighted by molar-refractivity contribution is -0.142. The summed E-state index contributed by atoms with van der Waals surface area (Å²) in [6.45, 7) is 3.12. The standard InChI is InChI=1S/C12H11FO3/c1-12(2,11(14)15)9-6-16-10-4-3-7(13)5-8(9)10/h3-6H,1-2H3,(H,14,15). The quantitative estimate of drug-likeness (QED) is 0.849. The van der Waals surface area contributed by atoms with Crippen molar-refractivity contribution in [3.05, 3.63) is 35.8 Å². The van der Waals surface area contributed by atoms with Gasteiger partial charge in [0.2, 0.25) is 0 Å². The molecule has 4 heteroatoms. The lowest BCUT2D eigenvalue weighted by Gasteiger charge is -2.17. The normalized spacial score (nSPS) is 11.9. The Balaban J connectivity index is 2.70. The number of halogens is 1. The maximum Gasteiger partial charge on any atom is 0.313 e. The lowest BCUT2D eigenvalue weighted by Crippen LogP contribution is -2.28. The zero-order chi connectivity index (χ0) is 11.9. The molecular weight excluding hydrogens is 211 g/mol. The van der Waals surface area contributed by atoms with E-state index in [1.165, 1.54) is 24.5 Å². The molecule has 2 rings (SSSR count). The van der Waals surface area contributed by atoms with Crippen molar-refractivity contribution >= 4 is 16.9 Å². The number of fused-ring (bicyclic) bond motifs is 1. The van der Waals surface area contributed by atoms with Crippen LogP contribution in [0, 0.1) is 5.82 Å². The number of hydrogen-bond donors (Lipinski definition) is 1. The summed E-state index contributed by atoms with van der Waals surface area (Å²) in [6, 6.07) is 4.06. The van der Waals surface area contributed by atoms with E-state index in [2.05, 4.69) is 0 Å². The molecule has 0 aliphatic carbocycles. The molecule has 0 radical (unpaired) electrons. The number of carboxylic acid groups (broad SMARTS) is 1. The van der Waals surface area contributed by atoms with Crippen LogP contribution in [0.5, 0.6) is 0 Å². The molecule has 0 saturated heterocycles. The molecular formula is C12H11FO3. The van der Waals surface area contributed by atoms with Crippen LogP contribution in [0.1, 0.15) is 19.4 Å². The second-order valence-corrected chi connectivity index (χ2v) is 4.22. The van der Waals surface area contributed by atoms with Gasteiger partial charge in [-0.25, -0.2) is 4.39 Å². The fraction of sp³-hybridized carbons (Fsp3) is 0.250. The van der Waals surface area contributed by atoms with Gasteiger partial charge < -0.3 is 9.52 Å². The van der Waals surface area contributed by atoms with Crippen LogP contribution in [0.2, 0.25) is 0 Å². The van der Waals surface area contributed by atoms with Gasteiger partial charge in [-0.3, -0.25) is 4.79 Å². The molecule has 1 heterocycles. The van der Waals surface area contributed by atoms with Gasteiger partial charge in [0.15, 0.2) is 0 Å². The summed E-state index contributed by atoms with van der Waals surface area (Å²) in [7, 11) is 0. The molecule has 0 amide bonds. The summed E-state index contributed by atoms with van der Waals surface area (Å²) >= 11 is 0. The fourth-order valence-electron chi connectivity index (χ4n) is 1.60. The zero-order valence-corrected chi connectivity index (χ0v) is 8.95. The second kappa shape index (κ2) is 3.33. The van der Waals surface area contributed by atoms with Crippen molar-refractivity contribution in [1.82, 2.24) is 0 Å². The van der Waals surface area contributed by atoms with Gasteiger partial charge in [0.25, 0.3) is 0 Å². The van der Waals surface area contributed by atoms with E-state index >= 15 is 0 Å². The number of benzene rings is 1. The summed E-state index contributed by atoms with van der Waals surface area (Å²) < 4.78 is 18.3. The maximum absolute atomic E-state index is 13.1.